The van der Waals surface area contributed by atoms with E-state index in [0.29, 0.717) is 0 Å². The average molecular weight is 159 g/mol. The van der Waals surface area contributed by atoms with Gasteiger partial charge in [0, 0.05) is 0 Å². The molecule has 0 aromatic heterocycles. The van der Waals surface area contributed by atoms with Crippen LogP contribution in [0.2, 0.25) is 0 Å². The summed E-state index contributed by atoms with van der Waals surface area (Å²) in [5.74, 6) is 4.98. The van der Waals surface area contributed by atoms with Crippen LogP contribution in [0.5, 0.6) is 0 Å². The van der Waals surface area contributed by atoms with E-state index in [1.807, 2.05) is 23.2 Å². The Morgan fingerprint density at radius 2 is 1.33 bits per heavy atom. The third kappa shape index (κ3) is 4.21. The Morgan fingerprint density at radius 1 is 0.778 bits per heavy atom. The van der Waals surface area contributed by atoms with E-state index in [9.17, 15) is 0 Å². The van der Waals surface area contributed by atoms with E-state index in [-0.39, 0.29) is 0 Å². The molecule has 0 atom stereocenters. The molecule has 1 rings (SSSR count). The zero-order valence-corrected chi connectivity index (χ0v) is 7.27. The predicted molar refractivity (Wildman–Crippen MR) is 49.1 cm³/mol. The molecule has 0 aromatic rings. The van der Waals surface area contributed by atoms with Gasteiger partial charge in [0.2, 0.25) is 0 Å². The third-order valence-corrected chi connectivity index (χ3v) is 3.55. The molecule has 9 heavy (non-hydrogen) atoms. The van der Waals surface area contributed by atoms with Crippen LogP contribution in [-0.4, -0.2) is 17.3 Å². The van der Waals surface area contributed by atoms with Crippen LogP contribution in [0.25, 0.3) is 0 Å². The lowest BCUT2D eigenvalue weighted by molar-refractivity contribution is 0.713. The van der Waals surface area contributed by atoms with Gasteiger partial charge in [0.25, 0.3) is 5.84 Å². The monoisotopic (exact) mass is 159 g/mol. The maximum Gasteiger partial charge on any atom is 0.267 e. The minimum absolute atomic E-state index is 1.34. The fourth-order valence-corrected chi connectivity index (χ4v) is 2.76. The molecule has 1 fully saturated rings. The molecule has 1 aliphatic rings. The van der Waals surface area contributed by atoms with Crippen LogP contribution in [0, 0.1) is 0 Å². The van der Waals surface area contributed by atoms with Gasteiger partial charge in [0.15, 0.2) is 0 Å². The van der Waals surface area contributed by atoms with Gasteiger partial charge in [-0.05, 0) is 24.3 Å². The first kappa shape index (κ1) is 7.87. The minimum Gasteiger partial charge on any atom is -0.202 e. The van der Waals surface area contributed by atoms with Crippen molar-refractivity contribution in [2.24, 2.45) is 0 Å². The van der Waals surface area contributed by atoms with Crippen LogP contribution >= 0.6 is 23.2 Å². The molecule has 0 spiro atoms. The molecule has 0 saturated carbocycles. The van der Waals surface area contributed by atoms with Gasteiger partial charge < -0.3 is 0 Å². The van der Waals surface area contributed by atoms with Crippen molar-refractivity contribution >= 4 is 29.1 Å². The molecule has 0 aromatic carbocycles. The summed E-state index contributed by atoms with van der Waals surface area (Å²) in [5, 5.41) is 0. The summed E-state index contributed by atoms with van der Waals surface area (Å²) in [6.07, 6.45) is 5.73. The van der Waals surface area contributed by atoms with E-state index >= 15 is 0 Å². The lowest BCUT2D eigenvalue weighted by Gasteiger charge is -1.93. The molecule has 0 N–H and O–H groups in total. The van der Waals surface area contributed by atoms with Gasteiger partial charge in [-0.15, -0.1) is 0 Å². The Balaban J connectivity index is 2.02. The van der Waals surface area contributed by atoms with Crippen LogP contribution in [0.3, 0.4) is 0 Å². The highest BCUT2D eigenvalue weighted by Gasteiger charge is 1.97. The Kier molecular flexibility index (Phi) is 4.84. The molecule has 51 valence electrons. The topological polar surface area (TPSA) is 0 Å². The highest BCUT2D eigenvalue weighted by molar-refractivity contribution is 8.50. The van der Waals surface area contributed by atoms with E-state index in [1.165, 1.54) is 37.2 Å². The molecule has 0 aliphatic carbocycles. The van der Waals surface area contributed by atoms with Gasteiger partial charge in [-0.3, -0.25) is 0 Å². The maximum atomic E-state index is 2.30. The fourth-order valence-electron chi connectivity index (χ4n) is 0.869. The van der Waals surface area contributed by atoms with E-state index in [4.69, 9.17) is 0 Å². The van der Waals surface area contributed by atoms with Gasteiger partial charge in [-0.1, -0.05) is 12.8 Å². The Bertz CT molecular complexity index is 39.5. The van der Waals surface area contributed by atoms with Crippen molar-refractivity contribution in [1.29, 1.82) is 0 Å². The van der Waals surface area contributed by atoms with Crippen molar-refractivity contribution in [1.82, 2.24) is 0 Å². The summed E-state index contributed by atoms with van der Waals surface area (Å²) >= 11 is 3.96. The zero-order valence-electron chi connectivity index (χ0n) is 5.64. The minimum atomic E-state index is 1.34. The van der Waals surface area contributed by atoms with Gasteiger partial charge in [0.05, 0.1) is 0 Å². The average Bonchev–Trinajstić information content (AvgIpc) is 2.00. The maximum absolute atomic E-state index is 2.30. The predicted octanol–water partition coefficient (Wildman–Crippen LogP) is 2.56. The quantitative estimate of drug-likeness (QED) is 0.498. The Labute approximate surface area is 66.6 Å². The van der Waals surface area contributed by atoms with E-state index < -0.39 is 0 Å². The second-order valence-corrected chi connectivity index (χ2v) is 4.50. The third-order valence-electron chi connectivity index (χ3n) is 1.41. The number of rotatable bonds is 0. The summed E-state index contributed by atoms with van der Waals surface area (Å²) in [5.41, 5.74) is 0. The first-order valence-corrected chi connectivity index (χ1v) is 5.65. The second-order valence-electron chi connectivity index (χ2n) is 2.25. The summed E-state index contributed by atoms with van der Waals surface area (Å²) in [7, 11) is 0. The highest BCUT2D eigenvalue weighted by atomic mass is 32.2. The molecule has 0 bridgehead atoms. The standard InChI is InChI=1S/C6H12BS2/c1-2-4-6-9-7-8-5-3-1/h1-6H2. The van der Waals surface area contributed by atoms with Crippen LogP contribution in [0.4, 0.5) is 0 Å². The smallest absolute Gasteiger partial charge is 0.202 e. The van der Waals surface area contributed by atoms with Crippen molar-refractivity contribution in [2.75, 3.05) is 11.5 Å². The molecule has 1 heterocycles. The first-order valence-electron chi connectivity index (χ1n) is 3.55. The van der Waals surface area contributed by atoms with E-state index in [2.05, 4.69) is 5.84 Å². The van der Waals surface area contributed by atoms with Gasteiger partial charge in [-0.25, -0.2) is 23.2 Å². The summed E-state index contributed by atoms with van der Waals surface area (Å²) < 4.78 is 0. The van der Waals surface area contributed by atoms with E-state index in [0.717, 1.165) is 0 Å². The first-order chi connectivity index (χ1) is 4.50. The lowest BCUT2D eigenvalue weighted by Crippen LogP contribution is -1.80. The SMILES string of the molecule is [B]1SCCCCCCS1. The molecule has 0 nitrogen and oxygen atoms in total. The van der Waals surface area contributed by atoms with Crippen molar-refractivity contribution in [2.45, 2.75) is 25.7 Å². The van der Waals surface area contributed by atoms with Crippen LogP contribution in [0.1, 0.15) is 25.7 Å². The summed E-state index contributed by atoms with van der Waals surface area (Å²) in [6, 6.07) is 0. The zero-order chi connectivity index (χ0) is 6.36. The van der Waals surface area contributed by atoms with Crippen molar-refractivity contribution < 1.29 is 0 Å². The lowest BCUT2D eigenvalue weighted by atomic mass is 10.2. The molecule has 1 radical (unpaired) electrons. The summed E-state index contributed by atoms with van der Waals surface area (Å²) in [4.78, 5) is 0. The Morgan fingerprint density at radius 3 is 1.89 bits per heavy atom. The van der Waals surface area contributed by atoms with Crippen LogP contribution in [-0.2, 0) is 0 Å². The molecule has 3 heteroatoms. The molecular formula is C6H12BS2. The second kappa shape index (κ2) is 5.54. The van der Waals surface area contributed by atoms with Crippen LogP contribution < -0.4 is 0 Å². The van der Waals surface area contributed by atoms with Crippen molar-refractivity contribution in [3.8, 4) is 0 Å². The molecule has 1 aliphatic heterocycles. The normalized spacial score (nSPS) is 23.1. The Hall–Kier alpha value is 0.765. The highest BCUT2D eigenvalue weighted by Crippen LogP contribution is 2.16. The molecule has 0 amide bonds. The van der Waals surface area contributed by atoms with Crippen molar-refractivity contribution in [3.05, 3.63) is 0 Å². The molecule has 0 unspecified atom stereocenters. The number of hydrogen-bond acceptors (Lipinski definition) is 2. The van der Waals surface area contributed by atoms with Gasteiger partial charge in [-0.2, -0.15) is 0 Å². The molecular weight excluding hydrogens is 147 g/mol. The van der Waals surface area contributed by atoms with Gasteiger partial charge in [0.1, 0.15) is 0 Å². The fraction of sp³-hybridized carbons (Fsp3) is 1.00. The summed E-state index contributed by atoms with van der Waals surface area (Å²) in [6.45, 7) is 0. The number of hydrogen-bond donors (Lipinski definition) is 0. The van der Waals surface area contributed by atoms with Crippen molar-refractivity contribution in [3.63, 3.8) is 0 Å². The van der Waals surface area contributed by atoms with Gasteiger partial charge >= 0.3 is 0 Å². The molecule has 1 saturated heterocycles. The van der Waals surface area contributed by atoms with E-state index in [1.54, 1.807) is 0 Å². The van der Waals surface area contributed by atoms with Crippen LogP contribution in [0.15, 0.2) is 0 Å². The largest absolute Gasteiger partial charge is 0.267 e.